The molecule has 0 heterocycles. The van der Waals surface area contributed by atoms with Gasteiger partial charge in [0.2, 0.25) is 0 Å². The lowest BCUT2D eigenvalue weighted by atomic mass is 9.45. The van der Waals surface area contributed by atoms with E-state index in [1.807, 2.05) is 6.92 Å². The third-order valence-corrected chi connectivity index (χ3v) is 5.11. The molecule has 1 unspecified atom stereocenters. The minimum atomic E-state index is 0.314. The summed E-state index contributed by atoms with van der Waals surface area (Å²) in [6.07, 6.45) is 1.22. The fraction of sp³-hybridized carbons (Fsp3) is 0.562. The first-order valence-corrected chi connectivity index (χ1v) is 6.30. The number of nitriles is 1. The van der Waals surface area contributed by atoms with Gasteiger partial charge in [0.15, 0.2) is 0 Å². The Kier molecular flexibility index (Phi) is 2.58. The number of hydrogen-bond acceptors (Lipinski definition) is 1. The Bertz CT molecular complexity index is 489. The second-order valence-corrected chi connectivity index (χ2v) is 6.55. The van der Waals surface area contributed by atoms with E-state index in [4.69, 9.17) is 5.26 Å². The zero-order valence-electron chi connectivity index (χ0n) is 11.5. The highest BCUT2D eigenvalue weighted by Gasteiger charge is 2.54. The van der Waals surface area contributed by atoms with Crippen LogP contribution in [0.15, 0.2) is 18.2 Å². The lowest BCUT2D eigenvalue weighted by Gasteiger charge is -2.59. The molecule has 0 spiro atoms. The van der Waals surface area contributed by atoms with Crippen molar-refractivity contribution >= 4 is 0 Å². The molecule has 1 aromatic rings. The van der Waals surface area contributed by atoms with Gasteiger partial charge in [-0.25, -0.2) is 0 Å². The van der Waals surface area contributed by atoms with Gasteiger partial charge < -0.3 is 0 Å². The minimum absolute atomic E-state index is 0.314. The fourth-order valence-electron chi connectivity index (χ4n) is 2.88. The van der Waals surface area contributed by atoms with Gasteiger partial charge in [0.1, 0.15) is 0 Å². The number of aryl methyl sites for hydroxylation is 1. The standard InChI is InChI=1S/C16H21N/c1-11-6-7-12(8-13(11)10-17)14-9-15(2,3)16(14,4)5/h6-8,14H,9H2,1-5H3. The second-order valence-electron chi connectivity index (χ2n) is 6.55. The van der Waals surface area contributed by atoms with Crippen LogP contribution in [0.25, 0.3) is 0 Å². The van der Waals surface area contributed by atoms with Crippen LogP contribution in [0.3, 0.4) is 0 Å². The molecule has 1 nitrogen and oxygen atoms in total. The molecule has 0 aliphatic heterocycles. The Hall–Kier alpha value is -1.29. The van der Waals surface area contributed by atoms with E-state index in [1.54, 1.807) is 0 Å². The van der Waals surface area contributed by atoms with E-state index in [0.29, 0.717) is 16.7 Å². The van der Waals surface area contributed by atoms with E-state index in [0.717, 1.165) is 11.1 Å². The Labute approximate surface area is 104 Å². The summed E-state index contributed by atoms with van der Waals surface area (Å²) in [5.41, 5.74) is 3.94. The summed E-state index contributed by atoms with van der Waals surface area (Å²) in [6.45, 7) is 11.4. The molecule has 0 saturated heterocycles. The van der Waals surface area contributed by atoms with Gasteiger partial charge in [-0.15, -0.1) is 0 Å². The molecule has 1 heteroatoms. The Morgan fingerprint density at radius 2 is 1.88 bits per heavy atom. The molecule has 2 rings (SSSR count). The van der Waals surface area contributed by atoms with Crippen LogP contribution >= 0.6 is 0 Å². The van der Waals surface area contributed by atoms with Gasteiger partial charge in [0, 0.05) is 0 Å². The molecule has 90 valence electrons. The van der Waals surface area contributed by atoms with Gasteiger partial charge in [-0.2, -0.15) is 5.26 Å². The van der Waals surface area contributed by atoms with Gasteiger partial charge in [0.25, 0.3) is 0 Å². The van der Waals surface area contributed by atoms with Gasteiger partial charge in [-0.3, -0.25) is 0 Å². The topological polar surface area (TPSA) is 23.8 Å². The van der Waals surface area contributed by atoms with Crippen LogP contribution in [0.1, 0.15) is 56.7 Å². The summed E-state index contributed by atoms with van der Waals surface area (Å²) in [5.74, 6) is 0.588. The highest BCUT2D eigenvalue weighted by molar-refractivity contribution is 5.42. The van der Waals surface area contributed by atoms with Crippen molar-refractivity contribution in [2.24, 2.45) is 10.8 Å². The third kappa shape index (κ3) is 1.67. The molecule has 1 atom stereocenters. The van der Waals surface area contributed by atoms with Crippen LogP contribution < -0.4 is 0 Å². The monoisotopic (exact) mass is 227 g/mol. The predicted octanol–water partition coefficient (Wildman–Crippen LogP) is 4.41. The minimum Gasteiger partial charge on any atom is -0.192 e. The van der Waals surface area contributed by atoms with Gasteiger partial charge >= 0.3 is 0 Å². The molecule has 0 radical (unpaired) electrons. The molecule has 0 aromatic heterocycles. The van der Waals surface area contributed by atoms with Crippen LogP contribution in [-0.4, -0.2) is 0 Å². The molecule has 1 fully saturated rings. The maximum atomic E-state index is 9.10. The number of rotatable bonds is 1. The van der Waals surface area contributed by atoms with Gasteiger partial charge in [-0.1, -0.05) is 39.8 Å². The summed E-state index contributed by atoms with van der Waals surface area (Å²) in [6, 6.07) is 8.64. The van der Waals surface area contributed by atoms with E-state index in [9.17, 15) is 0 Å². The van der Waals surface area contributed by atoms with Crippen molar-refractivity contribution in [1.82, 2.24) is 0 Å². The van der Waals surface area contributed by atoms with Crippen molar-refractivity contribution in [1.29, 1.82) is 5.26 Å². The smallest absolute Gasteiger partial charge is 0.0994 e. The molecule has 1 saturated carbocycles. The molecule has 1 aliphatic carbocycles. The van der Waals surface area contributed by atoms with Gasteiger partial charge in [0.05, 0.1) is 11.6 Å². The van der Waals surface area contributed by atoms with Crippen molar-refractivity contribution in [3.63, 3.8) is 0 Å². The van der Waals surface area contributed by atoms with Crippen LogP contribution in [0.5, 0.6) is 0 Å². The lowest BCUT2D eigenvalue weighted by molar-refractivity contribution is -0.0487. The van der Waals surface area contributed by atoms with E-state index in [2.05, 4.69) is 52.0 Å². The van der Waals surface area contributed by atoms with Gasteiger partial charge in [-0.05, 0) is 47.3 Å². The Balaban J connectivity index is 2.36. The van der Waals surface area contributed by atoms with E-state index >= 15 is 0 Å². The van der Waals surface area contributed by atoms with Crippen LogP contribution in [0.2, 0.25) is 0 Å². The fourth-order valence-corrected chi connectivity index (χ4v) is 2.88. The summed E-state index contributed by atoms with van der Waals surface area (Å²) >= 11 is 0. The second kappa shape index (κ2) is 3.60. The number of nitrogens with zero attached hydrogens (tertiary/aromatic N) is 1. The predicted molar refractivity (Wildman–Crippen MR) is 70.8 cm³/mol. The molecule has 0 N–H and O–H groups in total. The normalized spacial score (nSPS) is 24.8. The van der Waals surface area contributed by atoms with Crippen molar-refractivity contribution in [2.75, 3.05) is 0 Å². The molecule has 1 aromatic carbocycles. The largest absolute Gasteiger partial charge is 0.192 e. The third-order valence-electron chi connectivity index (χ3n) is 5.11. The molecular weight excluding hydrogens is 206 g/mol. The van der Waals surface area contributed by atoms with Crippen molar-refractivity contribution in [3.05, 3.63) is 34.9 Å². The zero-order valence-corrected chi connectivity index (χ0v) is 11.5. The van der Waals surface area contributed by atoms with Crippen LogP contribution in [0, 0.1) is 29.1 Å². The van der Waals surface area contributed by atoms with Crippen LogP contribution in [-0.2, 0) is 0 Å². The summed E-state index contributed by atoms with van der Waals surface area (Å²) in [7, 11) is 0. The van der Waals surface area contributed by atoms with Crippen molar-refractivity contribution in [2.45, 2.75) is 47.0 Å². The summed E-state index contributed by atoms with van der Waals surface area (Å²) in [4.78, 5) is 0. The maximum Gasteiger partial charge on any atom is 0.0994 e. The maximum absolute atomic E-state index is 9.10. The summed E-state index contributed by atoms with van der Waals surface area (Å²) in [5, 5.41) is 9.10. The lowest BCUT2D eigenvalue weighted by Crippen LogP contribution is -2.49. The quantitative estimate of drug-likeness (QED) is 0.697. The van der Waals surface area contributed by atoms with E-state index < -0.39 is 0 Å². The van der Waals surface area contributed by atoms with E-state index in [-0.39, 0.29) is 0 Å². The first-order chi connectivity index (χ1) is 7.79. The Morgan fingerprint density at radius 3 is 2.35 bits per heavy atom. The summed E-state index contributed by atoms with van der Waals surface area (Å²) < 4.78 is 0. The molecule has 1 aliphatic rings. The average Bonchev–Trinajstić information content (AvgIpc) is 2.27. The zero-order chi connectivity index (χ0) is 12.8. The highest BCUT2D eigenvalue weighted by atomic mass is 14.6. The van der Waals surface area contributed by atoms with Crippen LogP contribution in [0.4, 0.5) is 0 Å². The van der Waals surface area contributed by atoms with E-state index in [1.165, 1.54) is 12.0 Å². The molecule has 0 bridgehead atoms. The molecular formula is C16H21N. The first-order valence-electron chi connectivity index (χ1n) is 6.30. The van der Waals surface area contributed by atoms with Crippen molar-refractivity contribution < 1.29 is 0 Å². The van der Waals surface area contributed by atoms with Crippen molar-refractivity contribution in [3.8, 4) is 6.07 Å². The average molecular weight is 227 g/mol. The molecule has 17 heavy (non-hydrogen) atoms. The number of benzene rings is 1. The first kappa shape index (κ1) is 12.2. The SMILES string of the molecule is Cc1ccc(C2CC(C)(C)C2(C)C)cc1C#N. The molecule has 0 amide bonds. The Morgan fingerprint density at radius 1 is 1.24 bits per heavy atom. The highest BCUT2D eigenvalue weighted by Crippen LogP contribution is 2.64. The number of hydrogen-bond donors (Lipinski definition) is 0.